The Labute approximate surface area is 171 Å². The second-order valence-corrected chi connectivity index (χ2v) is 7.14. The Morgan fingerprint density at radius 1 is 1.07 bits per heavy atom. The van der Waals surface area contributed by atoms with Gasteiger partial charge in [-0.05, 0) is 30.0 Å². The highest BCUT2D eigenvalue weighted by molar-refractivity contribution is 5.89. The van der Waals surface area contributed by atoms with E-state index in [2.05, 4.69) is 15.5 Å². The summed E-state index contributed by atoms with van der Waals surface area (Å²) in [5.74, 6) is 1.94. The average Bonchev–Trinajstić information content (AvgIpc) is 3.22. The average molecular weight is 399 g/mol. The fourth-order valence-corrected chi connectivity index (χ4v) is 3.47. The molecule has 0 aliphatic carbocycles. The van der Waals surface area contributed by atoms with Crippen molar-refractivity contribution in [3.8, 4) is 11.5 Å². The molecule has 2 aromatic rings. The zero-order chi connectivity index (χ0) is 20.6. The van der Waals surface area contributed by atoms with Crippen molar-refractivity contribution in [1.82, 2.24) is 5.32 Å². The zero-order valence-electron chi connectivity index (χ0n) is 17.2. The first-order chi connectivity index (χ1) is 14.1. The maximum absolute atomic E-state index is 12.2. The molecule has 2 amide bonds. The van der Waals surface area contributed by atoms with Gasteiger partial charge in [0.15, 0.2) is 0 Å². The van der Waals surface area contributed by atoms with Gasteiger partial charge in [-0.25, -0.2) is 4.79 Å². The molecule has 29 heavy (non-hydrogen) atoms. The van der Waals surface area contributed by atoms with Gasteiger partial charge in [0, 0.05) is 56.3 Å². The second kappa shape index (κ2) is 10.0. The van der Waals surface area contributed by atoms with Crippen LogP contribution in [0.4, 0.5) is 16.2 Å². The van der Waals surface area contributed by atoms with Crippen molar-refractivity contribution in [3.63, 3.8) is 0 Å². The van der Waals surface area contributed by atoms with E-state index in [-0.39, 0.29) is 6.03 Å². The van der Waals surface area contributed by atoms with Crippen LogP contribution in [0, 0.1) is 5.92 Å². The number of methoxy groups -OCH3 is 3. The molecule has 0 unspecified atom stereocenters. The highest BCUT2D eigenvalue weighted by atomic mass is 16.5. The summed E-state index contributed by atoms with van der Waals surface area (Å²) in [7, 11) is 4.96. The van der Waals surface area contributed by atoms with E-state index in [1.165, 1.54) is 0 Å². The molecule has 7 nitrogen and oxygen atoms in total. The van der Waals surface area contributed by atoms with Crippen molar-refractivity contribution in [2.45, 2.75) is 13.0 Å². The highest BCUT2D eigenvalue weighted by Crippen LogP contribution is 2.31. The van der Waals surface area contributed by atoms with Gasteiger partial charge < -0.3 is 29.7 Å². The molecule has 2 aromatic carbocycles. The Morgan fingerprint density at radius 2 is 1.76 bits per heavy atom. The lowest BCUT2D eigenvalue weighted by molar-refractivity contribution is 0.185. The molecule has 0 spiro atoms. The summed E-state index contributed by atoms with van der Waals surface area (Å²) in [4.78, 5) is 14.5. The molecule has 0 radical (unpaired) electrons. The van der Waals surface area contributed by atoms with Crippen molar-refractivity contribution < 1.29 is 19.0 Å². The third kappa shape index (κ3) is 5.77. The normalized spacial score (nSPS) is 15.8. The van der Waals surface area contributed by atoms with E-state index in [0.717, 1.165) is 47.9 Å². The minimum absolute atomic E-state index is 0.189. The lowest BCUT2D eigenvalue weighted by Gasteiger charge is -2.20. The van der Waals surface area contributed by atoms with Crippen molar-refractivity contribution in [1.29, 1.82) is 0 Å². The van der Waals surface area contributed by atoms with Gasteiger partial charge in [0.25, 0.3) is 0 Å². The van der Waals surface area contributed by atoms with Crippen LogP contribution < -0.4 is 25.0 Å². The number of rotatable bonds is 8. The Kier molecular flexibility index (Phi) is 7.19. The maximum atomic E-state index is 12.2. The highest BCUT2D eigenvalue weighted by Gasteiger charge is 2.24. The third-order valence-electron chi connectivity index (χ3n) is 5.06. The van der Waals surface area contributed by atoms with Crippen LogP contribution in [0.15, 0.2) is 42.5 Å². The summed E-state index contributed by atoms with van der Waals surface area (Å²) in [6.45, 7) is 3.00. The van der Waals surface area contributed by atoms with Gasteiger partial charge in [-0.3, -0.25) is 0 Å². The lowest BCUT2D eigenvalue weighted by Crippen LogP contribution is -2.34. The number of urea groups is 1. The Hall–Kier alpha value is -2.93. The molecule has 1 atom stereocenters. The summed E-state index contributed by atoms with van der Waals surface area (Å²) in [5, 5.41) is 5.85. The fraction of sp³-hybridized carbons (Fsp3) is 0.409. The standard InChI is InChI=1S/C22H29N3O4/c1-27-15-16-4-6-18(7-5-16)24-22(26)23-13-17-8-9-25(14-17)19-10-20(28-2)12-21(11-19)29-3/h4-7,10-12,17H,8-9,13-15H2,1-3H3,(H2,23,24,26)/t17-/m1/s1. The summed E-state index contributed by atoms with van der Waals surface area (Å²) >= 11 is 0. The predicted octanol–water partition coefficient (Wildman–Crippen LogP) is 3.50. The van der Waals surface area contributed by atoms with Gasteiger partial charge >= 0.3 is 6.03 Å². The van der Waals surface area contributed by atoms with Gasteiger partial charge in [0.1, 0.15) is 11.5 Å². The Morgan fingerprint density at radius 3 is 2.38 bits per heavy atom. The first kappa shape index (κ1) is 20.8. The number of nitrogens with zero attached hydrogens (tertiary/aromatic N) is 1. The van der Waals surface area contributed by atoms with Crippen molar-refractivity contribution in [2.24, 2.45) is 5.92 Å². The Balaban J connectivity index is 1.48. The van der Waals surface area contributed by atoms with E-state index in [1.807, 2.05) is 42.5 Å². The number of ether oxygens (including phenoxy) is 3. The summed E-state index contributed by atoms with van der Waals surface area (Å²) in [5.41, 5.74) is 2.90. The molecule has 7 heteroatoms. The third-order valence-corrected chi connectivity index (χ3v) is 5.06. The van der Waals surface area contributed by atoms with Gasteiger partial charge in [0.05, 0.1) is 20.8 Å². The summed E-state index contributed by atoms with van der Waals surface area (Å²) < 4.78 is 15.8. The number of carbonyl (C=O) groups is 1. The molecule has 0 aromatic heterocycles. The summed E-state index contributed by atoms with van der Waals surface area (Å²) in [6, 6.07) is 13.3. The molecule has 1 aliphatic rings. The SMILES string of the molecule is COCc1ccc(NC(=O)NC[C@H]2CCN(c3cc(OC)cc(OC)c3)C2)cc1. The first-order valence-electron chi connectivity index (χ1n) is 9.72. The van der Waals surface area contributed by atoms with Crippen molar-refractivity contribution >= 4 is 17.4 Å². The van der Waals surface area contributed by atoms with Gasteiger partial charge in [-0.15, -0.1) is 0 Å². The van der Waals surface area contributed by atoms with E-state index in [0.29, 0.717) is 19.1 Å². The summed E-state index contributed by atoms with van der Waals surface area (Å²) in [6.07, 6.45) is 1.02. The second-order valence-electron chi connectivity index (χ2n) is 7.14. The van der Waals surface area contributed by atoms with Crippen molar-refractivity contribution in [3.05, 3.63) is 48.0 Å². The van der Waals surface area contributed by atoms with Gasteiger partial charge in [-0.2, -0.15) is 0 Å². The Bertz CT molecular complexity index is 788. The number of nitrogens with one attached hydrogen (secondary N) is 2. The van der Waals surface area contributed by atoms with E-state index >= 15 is 0 Å². The van der Waals surface area contributed by atoms with Gasteiger partial charge in [-0.1, -0.05) is 12.1 Å². The smallest absolute Gasteiger partial charge is 0.319 e. The van der Waals surface area contributed by atoms with E-state index in [1.54, 1.807) is 21.3 Å². The number of benzene rings is 2. The molecule has 1 heterocycles. The minimum atomic E-state index is -0.189. The first-order valence-corrected chi connectivity index (χ1v) is 9.72. The van der Waals surface area contributed by atoms with Gasteiger partial charge in [0.2, 0.25) is 0 Å². The van der Waals surface area contributed by atoms with E-state index in [9.17, 15) is 4.79 Å². The minimum Gasteiger partial charge on any atom is -0.497 e. The van der Waals surface area contributed by atoms with Crippen LogP contribution >= 0.6 is 0 Å². The monoisotopic (exact) mass is 399 g/mol. The number of amides is 2. The quantitative estimate of drug-likeness (QED) is 0.711. The number of hydrogen-bond acceptors (Lipinski definition) is 5. The number of hydrogen-bond donors (Lipinski definition) is 2. The molecule has 3 rings (SSSR count). The molecule has 0 saturated carbocycles. The van der Waals surface area contributed by atoms with E-state index in [4.69, 9.17) is 14.2 Å². The van der Waals surface area contributed by atoms with Crippen LogP contribution in [0.2, 0.25) is 0 Å². The predicted molar refractivity (Wildman–Crippen MR) is 114 cm³/mol. The topological polar surface area (TPSA) is 72.1 Å². The fourth-order valence-electron chi connectivity index (χ4n) is 3.47. The number of carbonyl (C=O) groups excluding carboxylic acids is 1. The molecule has 1 saturated heterocycles. The van der Waals surface area contributed by atoms with Crippen molar-refractivity contribution in [2.75, 3.05) is 51.2 Å². The molecule has 0 bridgehead atoms. The van der Waals surface area contributed by atoms with Crippen LogP contribution in [0.3, 0.4) is 0 Å². The zero-order valence-corrected chi connectivity index (χ0v) is 17.2. The van der Waals surface area contributed by atoms with Crippen LogP contribution in [-0.2, 0) is 11.3 Å². The number of anilines is 2. The van der Waals surface area contributed by atoms with Crippen LogP contribution in [0.25, 0.3) is 0 Å². The molecule has 156 valence electrons. The largest absolute Gasteiger partial charge is 0.497 e. The lowest BCUT2D eigenvalue weighted by atomic mass is 10.1. The van der Waals surface area contributed by atoms with Crippen LogP contribution in [0.1, 0.15) is 12.0 Å². The maximum Gasteiger partial charge on any atom is 0.319 e. The molecule has 1 fully saturated rings. The molecular formula is C22H29N3O4. The van der Waals surface area contributed by atoms with E-state index < -0.39 is 0 Å². The molecule has 2 N–H and O–H groups in total. The van der Waals surface area contributed by atoms with Crippen LogP contribution in [-0.4, -0.2) is 47.0 Å². The van der Waals surface area contributed by atoms with Crippen LogP contribution in [0.5, 0.6) is 11.5 Å². The molecular weight excluding hydrogens is 370 g/mol. The molecule has 1 aliphatic heterocycles.